The highest BCUT2D eigenvalue weighted by molar-refractivity contribution is 6.06. The lowest BCUT2D eigenvalue weighted by molar-refractivity contribution is -0.136. The number of fused-ring (bicyclic) bond motifs is 1. The molecule has 0 radical (unpaired) electrons. The monoisotopic (exact) mass is 274 g/mol. The van der Waals surface area contributed by atoms with Gasteiger partial charge in [0.15, 0.2) is 0 Å². The van der Waals surface area contributed by atoms with E-state index in [1.165, 1.54) is 4.90 Å². The minimum Gasteiger partial charge on any atom is -0.761 e. The summed E-state index contributed by atoms with van der Waals surface area (Å²) in [6.45, 7) is 0.200. The van der Waals surface area contributed by atoms with Gasteiger partial charge < -0.3 is 15.6 Å². The standard InChI is InChI=1S/C13H12N3O4/c17-11-5-4-10(12(18)14-11)16-6-8-7(13(16)19)2-1-3-9(8)15-20/h1-3,10,15H,4-6H2,(H,14,17,18)/q-1. The van der Waals surface area contributed by atoms with Gasteiger partial charge in [0.1, 0.15) is 6.04 Å². The van der Waals surface area contributed by atoms with E-state index in [2.05, 4.69) is 5.32 Å². The molecule has 7 nitrogen and oxygen atoms in total. The summed E-state index contributed by atoms with van der Waals surface area (Å²) in [5.74, 6) is -1.07. The number of imide groups is 1. The molecule has 0 aliphatic carbocycles. The molecule has 2 N–H and O–H groups in total. The Kier molecular flexibility index (Phi) is 2.90. The molecule has 1 unspecified atom stereocenters. The quantitative estimate of drug-likeness (QED) is 0.598. The molecule has 20 heavy (non-hydrogen) atoms. The highest BCUT2D eigenvalue weighted by Crippen LogP contribution is 2.31. The Bertz CT molecular complexity index is 614. The van der Waals surface area contributed by atoms with E-state index in [0.29, 0.717) is 23.2 Å². The molecule has 0 aromatic heterocycles. The Morgan fingerprint density at radius 1 is 1.30 bits per heavy atom. The minimum atomic E-state index is -0.660. The molecule has 1 fully saturated rings. The number of piperidine rings is 1. The zero-order valence-electron chi connectivity index (χ0n) is 10.5. The predicted molar refractivity (Wildman–Crippen MR) is 69.5 cm³/mol. The van der Waals surface area contributed by atoms with Crippen molar-refractivity contribution in [1.29, 1.82) is 0 Å². The highest BCUT2D eigenvalue weighted by atomic mass is 16.5. The number of hydrogen-bond acceptors (Lipinski definition) is 5. The first-order chi connectivity index (χ1) is 9.61. The van der Waals surface area contributed by atoms with Crippen LogP contribution in [0.5, 0.6) is 0 Å². The molecule has 3 rings (SSSR count). The van der Waals surface area contributed by atoms with Crippen molar-refractivity contribution in [3.63, 3.8) is 0 Å². The second-order valence-electron chi connectivity index (χ2n) is 4.83. The molecule has 2 aliphatic heterocycles. The largest absolute Gasteiger partial charge is 0.761 e. The Morgan fingerprint density at radius 2 is 2.10 bits per heavy atom. The lowest BCUT2D eigenvalue weighted by Gasteiger charge is -2.29. The minimum absolute atomic E-state index is 0.200. The molecule has 1 aromatic carbocycles. The van der Waals surface area contributed by atoms with E-state index in [1.54, 1.807) is 23.7 Å². The predicted octanol–water partition coefficient (Wildman–Crippen LogP) is 0.357. The molecule has 7 heteroatoms. The fraction of sp³-hybridized carbons (Fsp3) is 0.308. The van der Waals surface area contributed by atoms with Crippen molar-refractivity contribution in [2.75, 3.05) is 5.48 Å². The van der Waals surface area contributed by atoms with Crippen molar-refractivity contribution in [1.82, 2.24) is 10.2 Å². The molecule has 0 saturated carbocycles. The molecular formula is C13H12N3O4-. The summed E-state index contributed by atoms with van der Waals surface area (Å²) in [4.78, 5) is 36.7. The third kappa shape index (κ3) is 1.83. The maximum atomic E-state index is 12.3. The molecule has 2 heterocycles. The van der Waals surface area contributed by atoms with Gasteiger partial charge in [0.2, 0.25) is 11.8 Å². The van der Waals surface area contributed by atoms with E-state index in [-0.39, 0.29) is 24.8 Å². The normalized spacial score (nSPS) is 21.8. The van der Waals surface area contributed by atoms with Gasteiger partial charge in [-0.2, -0.15) is 0 Å². The topological polar surface area (TPSA) is 102 Å². The van der Waals surface area contributed by atoms with Crippen molar-refractivity contribution in [3.05, 3.63) is 34.5 Å². The maximum Gasteiger partial charge on any atom is 0.255 e. The van der Waals surface area contributed by atoms with Crippen LogP contribution in [0.4, 0.5) is 5.69 Å². The molecule has 0 bridgehead atoms. The smallest absolute Gasteiger partial charge is 0.255 e. The Labute approximate surface area is 114 Å². The summed E-state index contributed by atoms with van der Waals surface area (Å²) in [5.41, 5.74) is 3.17. The number of benzene rings is 1. The molecule has 1 saturated heterocycles. The van der Waals surface area contributed by atoms with Crippen molar-refractivity contribution in [2.24, 2.45) is 0 Å². The van der Waals surface area contributed by atoms with E-state index in [0.717, 1.165) is 0 Å². The van der Waals surface area contributed by atoms with Crippen LogP contribution in [0.3, 0.4) is 0 Å². The molecule has 2 aliphatic rings. The third-order valence-corrected chi connectivity index (χ3v) is 3.69. The average Bonchev–Trinajstić information content (AvgIpc) is 2.76. The van der Waals surface area contributed by atoms with Gasteiger partial charge in [-0.1, -0.05) is 6.07 Å². The van der Waals surface area contributed by atoms with Crippen LogP contribution >= 0.6 is 0 Å². The first-order valence-corrected chi connectivity index (χ1v) is 6.26. The zero-order chi connectivity index (χ0) is 14.3. The van der Waals surface area contributed by atoms with Crippen LogP contribution in [0.25, 0.3) is 0 Å². The molecule has 0 spiro atoms. The Balaban J connectivity index is 1.90. The number of nitrogens with one attached hydrogen (secondary N) is 2. The van der Waals surface area contributed by atoms with Crippen LogP contribution in [0.1, 0.15) is 28.8 Å². The Morgan fingerprint density at radius 3 is 2.80 bits per heavy atom. The van der Waals surface area contributed by atoms with Crippen LogP contribution in [0, 0.1) is 5.21 Å². The summed E-state index contributed by atoms with van der Waals surface area (Å²) in [6.07, 6.45) is 0.522. The van der Waals surface area contributed by atoms with Crippen molar-refractivity contribution in [3.8, 4) is 0 Å². The van der Waals surface area contributed by atoms with Gasteiger partial charge in [-0.05, 0) is 18.6 Å². The summed E-state index contributed by atoms with van der Waals surface area (Å²) in [7, 11) is 0. The maximum absolute atomic E-state index is 12.3. The second-order valence-corrected chi connectivity index (χ2v) is 4.83. The lowest BCUT2D eigenvalue weighted by atomic mass is 10.0. The lowest BCUT2D eigenvalue weighted by Crippen LogP contribution is -2.52. The van der Waals surface area contributed by atoms with Gasteiger partial charge in [-0.3, -0.25) is 19.7 Å². The molecule has 1 aromatic rings. The van der Waals surface area contributed by atoms with Crippen molar-refractivity contribution < 1.29 is 14.4 Å². The third-order valence-electron chi connectivity index (χ3n) is 3.69. The van der Waals surface area contributed by atoms with Gasteiger partial charge in [0, 0.05) is 29.8 Å². The number of anilines is 1. The summed E-state index contributed by atoms with van der Waals surface area (Å²) in [6, 6.07) is 4.18. The summed E-state index contributed by atoms with van der Waals surface area (Å²) < 4.78 is 0. The SMILES string of the molecule is O=C1CCC(N2Cc3c(N[O-])cccc3C2=O)C(=O)N1. The number of carbonyl (C=O) groups excluding carboxylic acids is 3. The van der Waals surface area contributed by atoms with E-state index in [4.69, 9.17) is 0 Å². The van der Waals surface area contributed by atoms with E-state index in [9.17, 15) is 19.6 Å². The number of nitrogens with zero attached hydrogens (tertiary/aromatic N) is 1. The van der Waals surface area contributed by atoms with Gasteiger partial charge in [-0.15, -0.1) is 0 Å². The van der Waals surface area contributed by atoms with E-state index >= 15 is 0 Å². The fourth-order valence-electron chi connectivity index (χ4n) is 2.68. The fourth-order valence-corrected chi connectivity index (χ4v) is 2.68. The Hall–Kier alpha value is -2.41. The number of carbonyl (C=O) groups is 3. The van der Waals surface area contributed by atoms with E-state index in [1.807, 2.05) is 0 Å². The van der Waals surface area contributed by atoms with Crippen LogP contribution in [-0.4, -0.2) is 28.7 Å². The van der Waals surface area contributed by atoms with Crippen LogP contribution in [0.15, 0.2) is 18.2 Å². The first-order valence-electron chi connectivity index (χ1n) is 6.26. The van der Waals surface area contributed by atoms with Crippen molar-refractivity contribution >= 4 is 23.4 Å². The van der Waals surface area contributed by atoms with Gasteiger partial charge >= 0.3 is 0 Å². The average molecular weight is 274 g/mol. The number of amides is 3. The number of rotatable bonds is 2. The molecular weight excluding hydrogens is 262 g/mol. The van der Waals surface area contributed by atoms with Crippen LogP contribution in [0.2, 0.25) is 0 Å². The second kappa shape index (κ2) is 4.61. The highest BCUT2D eigenvalue weighted by Gasteiger charge is 2.39. The van der Waals surface area contributed by atoms with Crippen LogP contribution < -0.4 is 10.8 Å². The number of hydrogen-bond donors (Lipinski definition) is 2. The van der Waals surface area contributed by atoms with Crippen LogP contribution in [-0.2, 0) is 16.1 Å². The molecule has 1 atom stereocenters. The molecule has 3 amide bonds. The van der Waals surface area contributed by atoms with Gasteiger partial charge in [0.05, 0.1) is 0 Å². The summed E-state index contributed by atoms with van der Waals surface area (Å²) in [5, 5.41) is 13.1. The van der Waals surface area contributed by atoms with Crippen molar-refractivity contribution in [2.45, 2.75) is 25.4 Å². The van der Waals surface area contributed by atoms with E-state index < -0.39 is 11.9 Å². The zero-order valence-corrected chi connectivity index (χ0v) is 10.5. The molecule has 104 valence electrons. The first kappa shape index (κ1) is 12.6. The van der Waals surface area contributed by atoms with Gasteiger partial charge in [0.25, 0.3) is 5.91 Å². The van der Waals surface area contributed by atoms with Gasteiger partial charge in [-0.25, -0.2) is 0 Å². The summed E-state index contributed by atoms with van der Waals surface area (Å²) >= 11 is 0.